The number of anilines is 1. The van der Waals surface area contributed by atoms with Crippen molar-refractivity contribution in [2.45, 2.75) is 25.4 Å². The number of carbonyl (C=O) groups is 1. The second kappa shape index (κ2) is 8.50. The van der Waals surface area contributed by atoms with Crippen molar-refractivity contribution < 1.29 is 14.3 Å². The quantitative estimate of drug-likeness (QED) is 0.459. The Morgan fingerprint density at radius 2 is 1.71 bits per heavy atom. The van der Waals surface area contributed by atoms with Crippen molar-refractivity contribution in [2.75, 3.05) is 31.1 Å². The predicted octanol–water partition coefficient (Wildman–Crippen LogP) is 4.65. The van der Waals surface area contributed by atoms with Crippen LogP contribution in [0.25, 0.3) is 21.7 Å². The monoisotopic (exact) mass is 471 g/mol. The average Bonchev–Trinajstić information content (AvgIpc) is 3.70. The second-order valence-corrected chi connectivity index (χ2v) is 9.58. The Hall–Kier alpha value is -3.71. The summed E-state index contributed by atoms with van der Waals surface area (Å²) in [6, 6.07) is 18.0. The fourth-order valence-corrected chi connectivity index (χ4v) is 5.15. The molecule has 0 atom stereocenters. The van der Waals surface area contributed by atoms with Crippen LogP contribution in [-0.4, -0.2) is 46.7 Å². The van der Waals surface area contributed by atoms with E-state index in [4.69, 9.17) is 0 Å². The van der Waals surface area contributed by atoms with Crippen LogP contribution in [-0.2, 0) is 6.54 Å². The van der Waals surface area contributed by atoms with Crippen LogP contribution < -0.4 is 10.3 Å². The smallest absolute Gasteiger partial charge is 0.341 e. The summed E-state index contributed by atoms with van der Waals surface area (Å²) in [7, 11) is 0. The lowest BCUT2D eigenvalue weighted by molar-refractivity contribution is 0.0695. The first-order valence-corrected chi connectivity index (χ1v) is 12.0. The number of rotatable bonds is 5. The Morgan fingerprint density at radius 1 is 0.971 bits per heavy atom. The maximum Gasteiger partial charge on any atom is 0.341 e. The number of nitrogens with zero attached hydrogens (tertiary/aromatic N) is 3. The first-order chi connectivity index (χ1) is 17.0. The topological polar surface area (TPSA) is 65.8 Å². The zero-order chi connectivity index (χ0) is 24.1. The number of benzene rings is 3. The Morgan fingerprint density at radius 3 is 2.43 bits per heavy atom. The van der Waals surface area contributed by atoms with Gasteiger partial charge in [0.1, 0.15) is 11.4 Å². The van der Waals surface area contributed by atoms with Gasteiger partial charge in [0.15, 0.2) is 0 Å². The molecule has 7 heteroatoms. The number of aromatic nitrogens is 1. The summed E-state index contributed by atoms with van der Waals surface area (Å²) in [5, 5.41) is 12.0. The number of pyridine rings is 1. The largest absolute Gasteiger partial charge is 0.477 e. The summed E-state index contributed by atoms with van der Waals surface area (Å²) in [5.74, 6) is -1.76. The first-order valence-electron chi connectivity index (χ1n) is 12.0. The predicted molar refractivity (Wildman–Crippen MR) is 135 cm³/mol. The molecule has 3 aromatic carbocycles. The number of aromatic carboxylic acids is 1. The molecule has 178 valence electrons. The minimum Gasteiger partial charge on any atom is -0.477 e. The molecule has 1 saturated carbocycles. The van der Waals surface area contributed by atoms with Gasteiger partial charge in [-0.1, -0.05) is 36.4 Å². The molecule has 1 aliphatic heterocycles. The van der Waals surface area contributed by atoms with Crippen LogP contribution in [0.2, 0.25) is 0 Å². The van der Waals surface area contributed by atoms with Gasteiger partial charge < -0.3 is 14.6 Å². The molecule has 6 nitrogen and oxygen atoms in total. The zero-order valence-corrected chi connectivity index (χ0v) is 19.3. The number of hydrogen-bond acceptors (Lipinski definition) is 4. The van der Waals surface area contributed by atoms with Gasteiger partial charge in [-0.3, -0.25) is 9.69 Å². The summed E-state index contributed by atoms with van der Waals surface area (Å²) in [6.45, 7) is 3.81. The fourth-order valence-electron chi connectivity index (χ4n) is 5.15. The summed E-state index contributed by atoms with van der Waals surface area (Å²) >= 11 is 0. The molecule has 4 aromatic rings. The van der Waals surface area contributed by atoms with E-state index in [0.29, 0.717) is 24.3 Å². The lowest BCUT2D eigenvalue weighted by Crippen LogP contribution is -2.46. The minimum absolute atomic E-state index is 0.132. The third-order valence-electron chi connectivity index (χ3n) is 7.20. The van der Waals surface area contributed by atoms with Crippen molar-refractivity contribution >= 4 is 33.3 Å². The lowest BCUT2D eigenvalue weighted by atomic mass is 10.1. The number of carboxylic acid groups (broad SMARTS) is 1. The standard InChI is InChI=1S/C28H26FN3O3/c29-24-14-22-25(32(21-7-8-21)17-23(27(22)33)28(34)35)15-26(24)31-11-9-30(10-12-31)16-18-5-6-19-3-1-2-4-20(19)13-18/h1-6,13-15,17,21H,7-12,16H2,(H,34,35). The van der Waals surface area contributed by atoms with Gasteiger partial charge in [0, 0.05) is 50.3 Å². The Balaban J connectivity index is 1.24. The van der Waals surface area contributed by atoms with Gasteiger partial charge in [-0.05, 0) is 47.4 Å². The highest BCUT2D eigenvalue weighted by Gasteiger charge is 2.28. The van der Waals surface area contributed by atoms with Crippen molar-refractivity contribution in [1.29, 1.82) is 0 Å². The molecule has 0 amide bonds. The van der Waals surface area contributed by atoms with Crippen LogP contribution in [0.5, 0.6) is 0 Å². The highest BCUT2D eigenvalue weighted by molar-refractivity contribution is 5.93. The molecular formula is C28H26FN3O3. The normalized spacial score (nSPS) is 16.8. The van der Waals surface area contributed by atoms with Crippen molar-refractivity contribution in [3.63, 3.8) is 0 Å². The maximum atomic E-state index is 15.2. The maximum absolute atomic E-state index is 15.2. The van der Waals surface area contributed by atoms with Gasteiger partial charge in [0.2, 0.25) is 5.43 Å². The van der Waals surface area contributed by atoms with E-state index in [1.165, 1.54) is 28.6 Å². The van der Waals surface area contributed by atoms with E-state index < -0.39 is 17.2 Å². The molecule has 0 spiro atoms. The molecule has 1 aliphatic carbocycles. The molecule has 0 radical (unpaired) electrons. The van der Waals surface area contributed by atoms with Crippen LogP contribution in [0.3, 0.4) is 0 Å². The fraction of sp³-hybridized carbons (Fsp3) is 0.286. The second-order valence-electron chi connectivity index (χ2n) is 9.58. The highest BCUT2D eigenvalue weighted by Crippen LogP contribution is 2.38. The van der Waals surface area contributed by atoms with Gasteiger partial charge in [0.25, 0.3) is 0 Å². The van der Waals surface area contributed by atoms with Gasteiger partial charge in [-0.15, -0.1) is 0 Å². The number of piperazine rings is 1. The molecule has 35 heavy (non-hydrogen) atoms. The van der Waals surface area contributed by atoms with Crippen molar-refractivity contribution in [3.05, 3.63) is 88.0 Å². The summed E-state index contributed by atoms with van der Waals surface area (Å²) in [5.41, 5.74) is 1.41. The summed E-state index contributed by atoms with van der Waals surface area (Å²) < 4.78 is 17.1. The molecular weight excluding hydrogens is 445 g/mol. The van der Waals surface area contributed by atoms with Gasteiger partial charge in [-0.2, -0.15) is 0 Å². The van der Waals surface area contributed by atoms with Crippen LogP contribution >= 0.6 is 0 Å². The Bertz CT molecular complexity index is 1520. The van der Waals surface area contributed by atoms with Crippen LogP contribution in [0.1, 0.15) is 34.8 Å². The molecule has 2 fully saturated rings. The third kappa shape index (κ3) is 4.06. The van der Waals surface area contributed by atoms with E-state index in [2.05, 4.69) is 35.2 Å². The molecule has 1 aromatic heterocycles. The molecule has 0 bridgehead atoms. The van der Waals surface area contributed by atoms with E-state index in [1.807, 2.05) is 21.6 Å². The van der Waals surface area contributed by atoms with Gasteiger partial charge >= 0.3 is 5.97 Å². The van der Waals surface area contributed by atoms with Crippen LogP contribution in [0.15, 0.2) is 65.6 Å². The van der Waals surface area contributed by atoms with Gasteiger partial charge in [0.05, 0.1) is 11.2 Å². The average molecular weight is 472 g/mol. The summed E-state index contributed by atoms with van der Waals surface area (Å²) in [6.07, 6.45) is 3.28. The van der Waals surface area contributed by atoms with E-state index in [9.17, 15) is 14.7 Å². The van der Waals surface area contributed by atoms with Crippen molar-refractivity contribution in [1.82, 2.24) is 9.47 Å². The van der Waals surface area contributed by atoms with Crippen LogP contribution in [0, 0.1) is 5.82 Å². The van der Waals surface area contributed by atoms with E-state index >= 15 is 4.39 Å². The number of carboxylic acids is 1. The van der Waals surface area contributed by atoms with E-state index in [0.717, 1.165) is 32.5 Å². The minimum atomic E-state index is -1.28. The van der Waals surface area contributed by atoms with Crippen molar-refractivity contribution in [2.24, 2.45) is 0 Å². The molecule has 6 rings (SSSR count). The number of fused-ring (bicyclic) bond motifs is 2. The third-order valence-corrected chi connectivity index (χ3v) is 7.20. The van der Waals surface area contributed by atoms with E-state index in [1.54, 1.807) is 6.07 Å². The summed E-state index contributed by atoms with van der Waals surface area (Å²) in [4.78, 5) is 28.7. The lowest BCUT2D eigenvalue weighted by Gasteiger charge is -2.36. The van der Waals surface area contributed by atoms with E-state index in [-0.39, 0.29) is 17.0 Å². The number of halogens is 1. The highest BCUT2D eigenvalue weighted by atomic mass is 19.1. The van der Waals surface area contributed by atoms with Gasteiger partial charge in [-0.25, -0.2) is 9.18 Å². The van der Waals surface area contributed by atoms with Crippen molar-refractivity contribution in [3.8, 4) is 0 Å². The molecule has 2 heterocycles. The first kappa shape index (κ1) is 21.8. The Kier molecular flexibility index (Phi) is 5.29. The Labute approximate surface area is 201 Å². The molecule has 1 saturated heterocycles. The zero-order valence-electron chi connectivity index (χ0n) is 19.3. The number of hydrogen-bond donors (Lipinski definition) is 1. The molecule has 2 aliphatic rings. The molecule has 0 unspecified atom stereocenters. The SMILES string of the molecule is O=C(O)c1cn(C2CC2)c2cc(N3CCN(Cc4ccc5ccccc5c4)CC3)c(F)cc2c1=O. The van der Waals surface area contributed by atoms with Crippen LogP contribution in [0.4, 0.5) is 10.1 Å². The molecule has 1 N–H and O–H groups in total.